The number of phenols is 1. The molecular formula is C14H11N3O5. The van der Waals surface area contributed by atoms with Crippen molar-refractivity contribution >= 4 is 23.3 Å². The molecule has 1 N–H and O–H groups in total. The largest absolute Gasteiger partial charge is 0.507 e. The fraction of sp³-hybridized carbons (Fsp3) is 0.0714. The van der Waals surface area contributed by atoms with Crippen LogP contribution in [0.3, 0.4) is 0 Å². The molecule has 2 rings (SSSR count). The van der Waals surface area contributed by atoms with E-state index in [2.05, 4.69) is 10.2 Å². The zero-order chi connectivity index (χ0) is 16.1. The Bertz CT molecular complexity index is 758. The highest BCUT2D eigenvalue weighted by molar-refractivity contribution is 5.80. The number of aldehydes is 1. The molecule has 0 saturated heterocycles. The maximum atomic E-state index is 10.7. The van der Waals surface area contributed by atoms with Crippen molar-refractivity contribution in [3.05, 3.63) is 52.1 Å². The summed E-state index contributed by atoms with van der Waals surface area (Å²) in [7, 11) is 1.36. The third-order valence-electron chi connectivity index (χ3n) is 2.79. The Labute approximate surface area is 124 Å². The summed E-state index contributed by atoms with van der Waals surface area (Å²) >= 11 is 0. The van der Waals surface area contributed by atoms with Crippen LogP contribution in [0, 0.1) is 10.1 Å². The zero-order valence-corrected chi connectivity index (χ0v) is 11.5. The molecule has 0 aliphatic heterocycles. The van der Waals surface area contributed by atoms with Crippen LogP contribution in [0.2, 0.25) is 0 Å². The van der Waals surface area contributed by atoms with Gasteiger partial charge in [0, 0.05) is 6.07 Å². The van der Waals surface area contributed by atoms with Crippen LogP contribution in [-0.2, 0) is 0 Å². The lowest BCUT2D eigenvalue weighted by molar-refractivity contribution is -0.384. The number of benzene rings is 2. The van der Waals surface area contributed by atoms with Gasteiger partial charge < -0.3 is 9.84 Å². The lowest BCUT2D eigenvalue weighted by atomic mass is 10.2. The van der Waals surface area contributed by atoms with Crippen molar-refractivity contribution in [3.63, 3.8) is 0 Å². The van der Waals surface area contributed by atoms with Gasteiger partial charge in [-0.05, 0) is 24.3 Å². The van der Waals surface area contributed by atoms with Crippen LogP contribution >= 0.6 is 0 Å². The molecule has 0 fully saturated rings. The first kappa shape index (κ1) is 15.1. The molecule has 0 atom stereocenters. The maximum absolute atomic E-state index is 10.7. The van der Waals surface area contributed by atoms with Crippen LogP contribution in [0.15, 0.2) is 46.6 Å². The first-order chi connectivity index (χ1) is 10.5. The predicted octanol–water partition coefficient (Wildman–Crippen LogP) is 3.54. The van der Waals surface area contributed by atoms with E-state index < -0.39 is 4.92 Å². The summed E-state index contributed by atoms with van der Waals surface area (Å²) in [5.74, 6) is 0.0502. The molecule has 8 heteroatoms. The minimum absolute atomic E-state index is 0.0899. The van der Waals surface area contributed by atoms with Gasteiger partial charge in [0.1, 0.15) is 11.4 Å². The molecule has 0 aromatic heterocycles. The minimum Gasteiger partial charge on any atom is -0.507 e. The Morgan fingerprint density at radius 2 is 2.00 bits per heavy atom. The van der Waals surface area contributed by atoms with Crippen molar-refractivity contribution in [3.8, 4) is 11.5 Å². The van der Waals surface area contributed by atoms with Crippen LogP contribution in [-0.4, -0.2) is 23.4 Å². The molecule has 8 nitrogen and oxygen atoms in total. The monoisotopic (exact) mass is 301 g/mol. The highest BCUT2D eigenvalue weighted by Crippen LogP contribution is 2.33. The van der Waals surface area contributed by atoms with E-state index in [9.17, 15) is 20.0 Å². The summed E-state index contributed by atoms with van der Waals surface area (Å²) in [6, 6.07) is 8.09. The minimum atomic E-state index is -0.542. The third kappa shape index (κ3) is 3.23. The van der Waals surface area contributed by atoms with Crippen LogP contribution in [0.25, 0.3) is 0 Å². The topological polar surface area (TPSA) is 114 Å². The number of nitro groups is 1. The molecule has 22 heavy (non-hydrogen) atoms. The number of phenolic OH excluding ortho intramolecular Hbond substituents is 1. The van der Waals surface area contributed by atoms with E-state index in [1.54, 1.807) is 0 Å². The fourth-order valence-electron chi connectivity index (χ4n) is 1.67. The van der Waals surface area contributed by atoms with Gasteiger partial charge >= 0.3 is 0 Å². The summed E-state index contributed by atoms with van der Waals surface area (Å²) in [5, 5.41) is 27.9. The number of carbonyl (C=O) groups is 1. The van der Waals surface area contributed by atoms with Gasteiger partial charge in [0.2, 0.25) is 0 Å². The highest BCUT2D eigenvalue weighted by atomic mass is 16.6. The van der Waals surface area contributed by atoms with E-state index >= 15 is 0 Å². The quantitative estimate of drug-likeness (QED) is 0.392. The lowest BCUT2D eigenvalue weighted by Gasteiger charge is -2.03. The Morgan fingerprint density at radius 3 is 2.64 bits per heavy atom. The molecular weight excluding hydrogens is 290 g/mol. The average Bonchev–Trinajstić information content (AvgIpc) is 2.53. The lowest BCUT2D eigenvalue weighted by Crippen LogP contribution is -1.89. The fourth-order valence-corrected chi connectivity index (χ4v) is 1.67. The summed E-state index contributed by atoms with van der Waals surface area (Å²) in [6.45, 7) is 0. The van der Waals surface area contributed by atoms with Gasteiger partial charge in [0.05, 0.1) is 29.4 Å². The molecule has 0 aliphatic rings. The number of rotatable bonds is 5. The Balaban J connectivity index is 2.33. The van der Waals surface area contributed by atoms with Crippen LogP contribution < -0.4 is 4.74 Å². The standard InChI is InChI=1S/C14H11N3O5/c1-22-14-7-11(17(20)21)3-4-12(14)16-15-10-2-5-13(19)9(6-10)8-18/h2-8,19H,1H3. The summed E-state index contributed by atoms with van der Waals surface area (Å²) in [4.78, 5) is 20.9. The summed E-state index contributed by atoms with van der Waals surface area (Å²) in [6.07, 6.45) is 0.501. The van der Waals surface area contributed by atoms with Gasteiger partial charge in [-0.25, -0.2) is 0 Å². The van der Waals surface area contributed by atoms with E-state index in [4.69, 9.17) is 4.74 Å². The van der Waals surface area contributed by atoms with Gasteiger partial charge in [-0.3, -0.25) is 14.9 Å². The molecule has 0 heterocycles. The van der Waals surface area contributed by atoms with Gasteiger partial charge in [-0.15, -0.1) is 5.11 Å². The zero-order valence-electron chi connectivity index (χ0n) is 11.5. The second-order valence-corrected chi connectivity index (χ2v) is 4.17. The molecule has 2 aromatic carbocycles. The average molecular weight is 301 g/mol. The summed E-state index contributed by atoms with van der Waals surface area (Å²) < 4.78 is 5.03. The molecule has 0 bridgehead atoms. The molecule has 2 aromatic rings. The van der Waals surface area contributed by atoms with Crippen molar-refractivity contribution in [1.29, 1.82) is 0 Å². The SMILES string of the molecule is COc1cc([N+](=O)[O-])ccc1N=Nc1ccc(O)c(C=O)c1. The summed E-state index contributed by atoms with van der Waals surface area (Å²) in [5.41, 5.74) is 0.616. The number of azo groups is 1. The van der Waals surface area contributed by atoms with E-state index in [1.165, 1.54) is 43.5 Å². The van der Waals surface area contributed by atoms with Crippen molar-refractivity contribution in [2.45, 2.75) is 0 Å². The van der Waals surface area contributed by atoms with Crippen LogP contribution in [0.5, 0.6) is 11.5 Å². The number of hydrogen-bond acceptors (Lipinski definition) is 7. The highest BCUT2D eigenvalue weighted by Gasteiger charge is 2.11. The number of methoxy groups -OCH3 is 1. The van der Waals surface area contributed by atoms with Gasteiger partial charge in [-0.1, -0.05) is 0 Å². The first-order valence-electron chi connectivity index (χ1n) is 6.07. The van der Waals surface area contributed by atoms with Crippen molar-refractivity contribution < 1.29 is 19.6 Å². The molecule has 0 amide bonds. The molecule has 0 radical (unpaired) electrons. The second kappa shape index (κ2) is 6.44. The number of non-ortho nitro benzene ring substituents is 1. The molecule has 0 unspecified atom stereocenters. The van der Waals surface area contributed by atoms with Crippen molar-refractivity contribution in [1.82, 2.24) is 0 Å². The first-order valence-corrected chi connectivity index (χ1v) is 6.07. The van der Waals surface area contributed by atoms with Crippen LogP contribution in [0.1, 0.15) is 10.4 Å². The number of nitro benzene ring substituents is 1. The van der Waals surface area contributed by atoms with Gasteiger partial charge in [0.25, 0.3) is 5.69 Å². The van der Waals surface area contributed by atoms with E-state index in [1.807, 2.05) is 0 Å². The smallest absolute Gasteiger partial charge is 0.273 e. The molecule has 112 valence electrons. The van der Waals surface area contributed by atoms with Crippen LogP contribution in [0.4, 0.5) is 17.1 Å². The van der Waals surface area contributed by atoms with Crippen molar-refractivity contribution in [2.75, 3.05) is 7.11 Å². The Morgan fingerprint density at radius 1 is 1.23 bits per heavy atom. The normalized spacial score (nSPS) is 10.6. The number of aromatic hydroxyl groups is 1. The second-order valence-electron chi connectivity index (χ2n) is 4.17. The predicted molar refractivity (Wildman–Crippen MR) is 77.3 cm³/mol. The number of carbonyl (C=O) groups excluding carboxylic acids is 1. The van der Waals surface area contributed by atoms with Crippen molar-refractivity contribution in [2.24, 2.45) is 10.2 Å². The number of nitrogens with zero attached hydrogens (tertiary/aromatic N) is 3. The Hall–Kier alpha value is -3.29. The Kier molecular flexibility index (Phi) is 4.42. The van der Waals surface area contributed by atoms with E-state index in [-0.39, 0.29) is 22.7 Å². The van der Waals surface area contributed by atoms with Gasteiger partial charge in [0.15, 0.2) is 12.0 Å². The number of ether oxygens (including phenoxy) is 1. The van der Waals surface area contributed by atoms with E-state index in [0.717, 1.165) is 0 Å². The molecule has 0 saturated carbocycles. The van der Waals surface area contributed by atoms with E-state index in [0.29, 0.717) is 17.7 Å². The molecule has 0 aliphatic carbocycles. The third-order valence-corrected chi connectivity index (χ3v) is 2.79. The van der Waals surface area contributed by atoms with Gasteiger partial charge in [-0.2, -0.15) is 5.11 Å². The number of hydrogen-bond donors (Lipinski definition) is 1. The maximum Gasteiger partial charge on any atom is 0.273 e. The molecule has 0 spiro atoms.